The van der Waals surface area contributed by atoms with E-state index in [1.165, 1.54) is 5.56 Å². The summed E-state index contributed by atoms with van der Waals surface area (Å²) >= 11 is 0. The van der Waals surface area contributed by atoms with Crippen LogP contribution in [0.1, 0.15) is 18.3 Å². The molecule has 0 spiro atoms. The zero-order chi connectivity index (χ0) is 16.2. The summed E-state index contributed by atoms with van der Waals surface area (Å²) in [5.41, 5.74) is 3.27. The molecular weight excluding hydrogens is 288 g/mol. The van der Waals surface area contributed by atoms with Gasteiger partial charge in [0.1, 0.15) is 24.3 Å². The van der Waals surface area contributed by atoms with Crippen molar-refractivity contribution in [1.82, 2.24) is 9.55 Å². The number of aryl methyl sites for hydroxylation is 2. The monoisotopic (exact) mass is 310 g/mol. The van der Waals surface area contributed by atoms with E-state index in [0.717, 1.165) is 29.0 Å². The Kier molecular flexibility index (Phi) is 4.63. The molecule has 0 saturated heterocycles. The van der Waals surface area contributed by atoms with Crippen LogP contribution < -0.4 is 4.74 Å². The lowest BCUT2D eigenvalue weighted by molar-refractivity contribution is 0.0929. The lowest BCUT2D eigenvalue weighted by Gasteiger charge is -2.15. The summed E-state index contributed by atoms with van der Waals surface area (Å²) < 4.78 is 7.72. The summed E-state index contributed by atoms with van der Waals surface area (Å²) in [6, 6.07) is 16.0. The Labute approximate surface area is 136 Å². The van der Waals surface area contributed by atoms with Gasteiger partial charge in [0.2, 0.25) is 0 Å². The second-order valence-corrected chi connectivity index (χ2v) is 5.72. The molecule has 0 radical (unpaired) electrons. The molecular formula is C19H22N2O2. The molecule has 1 heterocycles. The van der Waals surface area contributed by atoms with Crippen LogP contribution in [0.2, 0.25) is 0 Å². The fourth-order valence-corrected chi connectivity index (χ4v) is 2.70. The second-order valence-electron chi connectivity index (χ2n) is 5.72. The van der Waals surface area contributed by atoms with Crippen LogP contribution in [0, 0.1) is 6.92 Å². The van der Waals surface area contributed by atoms with Crippen LogP contribution in [0.25, 0.3) is 11.0 Å². The minimum absolute atomic E-state index is 0.261. The standard InChI is InChI=1S/C19H22N2O2/c1-3-15-8-10-17(11-9-15)23-13-16(22)12-21-14(2)20-18-6-4-5-7-19(18)21/h4-11,16,22H,3,12-13H2,1-2H3/t16-/m0/s1. The number of rotatable bonds is 6. The molecule has 3 rings (SSSR count). The number of ether oxygens (including phenoxy) is 1. The molecule has 4 heteroatoms. The molecule has 4 nitrogen and oxygen atoms in total. The van der Waals surface area contributed by atoms with Crippen molar-refractivity contribution in [2.45, 2.75) is 32.9 Å². The van der Waals surface area contributed by atoms with Gasteiger partial charge in [0.05, 0.1) is 17.6 Å². The zero-order valence-electron chi connectivity index (χ0n) is 13.6. The smallest absolute Gasteiger partial charge is 0.119 e. The number of aliphatic hydroxyl groups is 1. The van der Waals surface area contributed by atoms with E-state index in [9.17, 15) is 5.11 Å². The van der Waals surface area contributed by atoms with Crippen LogP contribution in [0.5, 0.6) is 5.75 Å². The molecule has 120 valence electrons. The van der Waals surface area contributed by atoms with Gasteiger partial charge < -0.3 is 14.4 Å². The first-order valence-corrected chi connectivity index (χ1v) is 7.99. The van der Waals surface area contributed by atoms with E-state index in [2.05, 4.69) is 24.0 Å². The summed E-state index contributed by atoms with van der Waals surface area (Å²) in [6.07, 6.45) is 0.424. The molecule has 23 heavy (non-hydrogen) atoms. The summed E-state index contributed by atoms with van der Waals surface area (Å²) in [7, 11) is 0. The van der Waals surface area contributed by atoms with Crippen LogP contribution >= 0.6 is 0 Å². The molecule has 1 atom stereocenters. The Bertz CT molecular complexity index is 778. The second kappa shape index (κ2) is 6.84. The fraction of sp³-hybridized carbons (Fsp3) is 0.316. The van der Waals surface area contributed by atoms with Crippen LogP contribution in [0.4, 0.5) is 0 Å². The van der Waals surface area contributed by atoms with E-state index in [4.69, 9.17) is 4.74 Å². The molecule has 0 unspecified atom stereocenters. The number of benzene rings is 2. The molecule has 2 aromatic carbocycles. The molecule has 0 aliphatic rings. The lowest BCUT2D eigenvalue weighted by Crippen LogP contribution is -2.24. The highest BCUT2D eigenvalue weighted by molar-refractivity contribution is 5.75. The third kappa shape index (κ3) is 3.54. The molecule has 0 aliphatic carbocycles. The topological polar surface area (TPSA) is 47.3 Å². The average Bonchev–Trinajstić information content (AvgIpc) is 2.89. The Morgan fingerprint density at radius 1 is 1.13 bits per heavy atom. The fourth-order valence-electron chi connectivity index (χ4n) is 2.70. The molecule has 0 saturated carbocycles. The third-order valence-electron chi connectivity index (χ3n) is 4.01. The number of aliphatic hydroxyl groups excluding tert-OH is 1. The van der Waals surface area contributed by atoms with E-state index in [1.807, 2.05) is 47.9 Å². The highest BCUT2D eigenvalue weighted by atomic mass is 16.5. The quantitative estimate of drug-likeness (QED) is 0.759. The van der Waals surface area contributed by atoms with Crippen molar-refractivity contribution in [3.8, 4) is 5.75 Å². The van der Waals surface area contributed by atoms with Gasteiger partial charge in [-0.1, -0.05) is 31.2 Å². The van der Waals surface area contributed by atoms with Gasteiger partial charge >= 0.3 is 0 Å². The van der Waals surface area contributed by atoms with Crippen molar-refractivity contribution in [3.63, 3.8) is 0 Å². The van der Waals surface area contributed by atoms with Gasteiger partial charge in [-0.15, -0.1) is 0 Å². The van der Waals surface area contributed by atoms with Crippen molar-refractivity contribution in [1.29, 1.82) is 0 Å². The van der Waals surface area contributed by atoms with Crippen LogP contribution in [-0.4, -0.2) is 27.4 Å². The molecule has 1 aromatic heterocycles. The number of hydrogen-bond acceptors (Lipinski definition) is 3. The SMILES string of the molecule is CCc1ccc(OC[C@@H](O)Cn2c(C)nc3ccccc32)cc1. The first-order valence-electron chi connectivity index (χ1n) is 7.99. The van der Waals surface area contributed by atoms with Gasteiger partial charge in [-0.25, -0.2) is 4.98 Å². The minimum Gasteiger partial charge on any atom is -0.491 e. The van der Waals surface area contributed by atoms with E-state index in [-0.39, 0.29) is 6.61 Å². The van der Waals surface area contributed by atoms with E-state index in [1.54, 1.807) is 0 Å². The van der Waals surface area contributed by atoms with Crippen molar-refractivity contribution in [3.05, 3.63) is 59.9 Å². The number of nitrogens with zero attached hydrogens (tertiary/aromatic N) is 2. The van der Waals surface area contributed by atoms with Gasteiger partial charge in [0.15, 0.2) is 0 Å². The van der Waals surface area contributed by atoms with E-state index >= 15 is 0 Å². The van der Waals surface area contributed by atoms with Crippen LogP contribution in [0.15, 0.2) is 48.5 Å². The van der Waals surface area contributed by atoms with Gasteiger partial charge in [0.25, 0.3) is 0 Å². The summed E-state index contributed by atoms with van der Waals surface area (Å²) in [4.78, 5) is 4.51. The first kappa shape index (κ1) is 15.6. The maximum absolute atomic E-state index is 10.3. The molecule has 0 bridgehead atoms. The van der Waals surface area contributed by atoms with Gasteiger partial charge in [0, 0.05) is 0 Å². The highest BCUT2D eigenvalue weighted by Crippen LogP contribution is 2.17. The summed E-state index contributed by atoms with van der Waals surface area (Å²) in [5, 5.41) is 10.3. The van der Waals surface area contributed by atoms with Crippen LogP contribution in [0.3, 0.4) is 0 Å². The number of imidazole rings is 1. The minimum atomic E-state index is -0.586. The molecule has 0 fully saturated rings. The maximum atomic E-state index is 10.3. The number of para-hydroxylation sites is 2. The summed E-state index contributed by atoms with van der Waals surface area (Å²) in [6.45, 7) is 4.81. The molecule has 1 N–H and O–H groups in total. The number of aromatic nitrogens is 2. The predicted molar refractivity (Wildman–Crippen MR) is 91.8 cm³/mol. The lowest BCUT2D eigenvalue weighted by atomic mass is 10.2. The average molecular weight is 310 g/mol. The van der Waals surface area contributed by atoms with E-state index < -0.39 is 6.10 Å². The number of fused-ring (bicyclic) bond motifs is 1. The van der Waals surface area contributed by atoms with Gasteiger partial charge in [-0.05, 0) is 43.2 Å². The molecule has 0 aliphatic heterocycles. The normalized spacial score (nSPS) is 12.5. The Morgan fingerprint density at radius 2 is 1.87 bits per heavy atom. The van der Waals surface area contributed by atoms with Crippen molar-refractivity contribution >= 4 is 11.0 Å². The van der Waals surface area contributed by atoms with Crippen molar-refractivity contribution in [2.24, 2.45) is 0 Å². The highest BCUT2D eigenvalue weighted by Gasteiger charge is 2.12. The maximum Gasteiger partial charge on any atom is 0.119 e. The number of hydrogen-bond donors (Lipinski definition) is 1. The van der Waals surface area contributed by atoms with Crippen molar-refractivity contribution in [2.75, 3.05) is 6.61 Å². The van der Waals surface area contributed by atoms with Gasteiger partial charge in [-0.2, -0.15) is 0 Å². The Morgan fingerprint density at radius 3 is 2.61 bits per heavy atom. The van der Waals surface area contributed by atoms with Crippen LogP contribution in [-0.2, 0) is 13.0 Å². The van der Waals surface area contributed by atoms with Gasteiger partial charge in [-0.3, -0.25) is 0 Å². The largest absolute Gasteiger partial charge is 0.491 e. The summed E-state index contributed by atoms with van der Waals surface area (Å²) in [5.74, 6) is 1.69. The Hall–Kier alpha value is -2.33. The Balaban J connectivity index is 1.64. The predicted octanol–water partition coefficient (Wildman–Crippen LogP) is 3.35. The molecule has 3 aromatic rings. The third-order valence-corrected chi connectivity index (χ3v) is 4.01. The van der Waals surface area contributed by atoms with E-state index in [0.29, 0.717) is 6.54 Å². The first-order chi connectivity index (χ1) is 11.2. The van der Waals surface area contributed by atoms with Crippen molar-refractivity contribution < 1.29 is 9.84 Å². The zero-order valence-corrected chi connectivity index (χ0v) is 13.6. The molecule has 0 amide bonds.